The Hall–Kier alpha value is -0.730. The van der Waals surface area contributed by atoms with Gasteiger partial charge in [-0.3, -0.25) is 0 Å². The molecule has 1 atom stereocenters. The SMILES string of the molecule is Cc1ccc(Cl)c(O)c1C1CCCNC1. The van der Waals surface area contributed by atoms with Crippen molar-refractivity contribution in [3.8, 4) is 5.75 Å². The number of benzene rings is 1. The lowest BCUT2D eigenvalue weighted by molar-refractivity contribution is 0.424. The van der Waals surface area contributed by atoms with Crippen molar-refractivity contribution in [1.82, 2.24) is 5.32 Å². The molecule has 2 N–H and O–H groups in total. The van der Waals surface area contributed by atoms with E-state index in [1.165, 1.54) is 0 Å². The quantitative estimate of drug-likeness (QED) is 0.771. The number of rotatable bonds is 1. The van der Waals surface area contributed by atoms with Crippen LogP contribution >= 0.6 is 11.6 Å². The fraction of sp³-hybridized carbons (Fsp3) is 0.500. The van der Waals surface area contributed by atoms with Crippen molar-refractivity contribution in [2.75, 3.05) is 13.1 Å². The third kappa shape index (κ3) is 2.11. The molecule has 82 valence electrons. The van der Waals surface area contributed by atoms with Crippen molar-refractivity contribution < 1.29 is 5.11 Å². The summed E-state index contributed by atoms with van der Waals surface area (Å²) in [5, 5.41) is 13.8. The normalized spacial score (nSPS) is 21.6. The number of phenols is 1. The lowest BCUT2D eigenvalue weighted by Gasteiger charge is -2.25. The van der Waals surface area contributed by atoms with Gasteiger partial charge in [-0.05, 0) is 37.9 Å². The van der Waals surface area contributed by atoms with Crippen LogP contribution in [0.1, 0.15) is 29.9 Å². The van der Waals surface area contributed by atoms with Crippen LogP contribution in [-0.2, 0) is 0 Å². The van der Waals surface area contributed by atoms with E-state index in [1.54, 1.807) is 6.07 Å². The Balaban J connectivity index is 2.36. The molecule has 3 heteroatoms. The standard InChI is InChI=1S/C12H16ClNO/c1-8-4-5-10(13)12(15)11(8)9-3-2-6-14-7-9/h4-5,9,14-15H,2-3,6-7H2,1H3. The van der Waals surface area contributed by atoms with Crippen molar-refractivity contribution in [2.24, 2.45) is 0 Å². The highest BCUT2D eigenvalue weighted by Gasteiger charge is 2.21. The number of phenolic OH excluding ortho intramolecular Hbond substituents is 1. The van der Waals surface area contributed by atoms with Gasteiger partial charge in [0.25, 0.3) is 0 Å². The Morgan fingerprint density at radius 2 is 2.27 bits per heavy atom. The van der Waals surface area contributed by atoms with Gasteiger partial charge in [-0.25, -0.2) is 0 Å². The highest BCUT2D eigenvalue weighted by atomic mass is 35.5. The van der Waals surface area contributed by atoms with Gasteiger partial charge >= 0.3 is 0 Å². The summed E-state index contributed by atoms with van der Waals surface area (Å²) < 4.78 is 0. The summed E-state index contributed by atoms with van der Waals surface area (Å²) in [5.41, 5.74) is 2.15. The smallest absolute Gasteiger partial charge is 0.137 e. The van der Waals surface area contributed by atoms with Crippen molar-refractivity contribution in [2.45, 2.75) is 25.7 Å². The van der Waals surface area contributed by atoms with Crippen molar-refractivity contribution >= 4 is 11.6 Å². The molecule has 2 rings (SSSR count). The summed E-state index contributed by atoms with van der Waals surface area (Å²) in [6, 6.07) is 3.73. The summed E-state index contributed by atoms with van der Waals surface area (Å²) >= 11 is 5.93. The zero-order chi connectivity index (χ0) is 10.8. The van der Waals surface area contributed by atoms with Gasteiger partial charge in [-0.1, -0.05) is 17.7 Å². The van der Waals surface area contributed by atoms with E-state index in [0.717, 1.165) is 37.1 Å². The van der Waals surface area contributed by atoms with Crippen LogP contribution in [0.15, 0.2) is 12.1 Å². The van der Waals surface area contributed by atoms with Crippen LogP contribution in [0.4, 0.5) is 0 Å². The fourth-order valence-corrected chi connectivity index (χ4v) is 2.46. The molecule has 2 nitrogen and oxygen atoms in total. The molecular weight excluding hydrogens is 210 g/mol. The minimum absolute atomic E-state index is 0.269. The molecular formula is C12H16ClNO. The Bertz CT molecular complexity index is 359. The number of piperidine rings is 1. The lowest BCUT2D eigenvalue weighted by atomic mass is 9.88. The van der Waals surface area contributed by atoms with Crippen LogP contribution in [-0.4, -0.2) is 18.2 Å². The van der Waals surface area contributed by atoms with Crippen LogP contribution < -0.4 is 5.32 Å². The minimum atomic E-state index is 0.269. The first-order valence-electron chi connectivity index (χ1n) is 5.39. The number of aromatic hydroxyl groups is 1. The molecule has 15 heavy (non-hydrogen) atoms. The molecule has 0 aliphatic carbocycles. The summed E-state index contributed by atoms with van der Waals surface area (Å²) in [6.07, 6.45) is 2.29. The van der Waals surface area contributed by atoms with Gasteiger partial charge < -0.3 is 10.4 Å². The van der Waals surface area contributed by atoms with Gasteiger partial charge in [0.05, 0.1) is 5.02 Å². The molecule has 0 spiro atoms. The topological polar surface area (TPSA) is 32.3 Å². The van der Waals surface area contributed by atoms with E-state index >= 15 is 0 Å². The van der Waals surface area contributed by atoms with E-state index in [4.69, 9.17) is 11.6 Å². The monoisotopic (exact) mass is 225 g/mol. The van der Waals surface area contributed by atoms with Crippen LogP contribution in [0.5, 0.6) is 5.75 Å². The van der Waals surface area contributed by atoms with E-state index in [1.807, 2.05) is 13.0 Å². The first-order valence-corrected chi connectivity index (χ1v) is 5.76. The van der Waals surface area contributed by atoms with Gasteiger partial charge in [0.15, 0.2) is 0 Å². The number of halogens is 1. The first kappa shape index (κ1) is 10.8. The first-order chi connectivity index (χ1) is 7.20. The van der Waals surface area contributed by atoms with Crippen molar-refractivity contribution in [1.29, 1.82) is 0 Å². The highest BCUT2D eigenvalue weighted by molar-refractivity contribution is 6.32. The maximum atomic E-state index is 9.97. The average molecular weight is 226 g/mol. The van der Waals surface area contributed by atoms with Gasteiger partial charge in [-0.2, -0.15) is 0 Å². The van der Waals surface area contributed by atoms with Gasteiger partial charge in [0.2, 0.25) is 0 Å². The Morgan fingerprint density at radius 1 is 1.47 bits per heavy atom. The van der Waals surface area contributed by atoms with E-state index in [2.05, 4.69) is 5.32 Å². The highest BCUT2D eigenvalue weighted by Crippen LogP contribution is 2.37. The van der Waals surface area contributed by atoms with Crippen LogP contribution in [0, 0.1) is 6.92 Å². The average Bonchev–Trinajstić information content (AvgIpc) is 2.26. The summed E-state index contributed by atoms with van der Waals surface area (Å²) in [5.74, 6) is 0.669. The molecule has 1 aromatic carbocycles. The number of aryl methyl sites for hydroxylation is 1. The van der Waals surface area contributed by atoms with Crippen LogP contribution in [0.2, 0.25) is 5.02 Å². The van der Waals surface area contributed by atoms with Gasteiger partial charge in [-0.15, -0.1) is 0 Å². The molecule has 1 saturated heterocycles. The van der Waals surface area contributed by atoms with Gasteiger partial charge in [0, 0.05) is 18.0 Å². The third-order valence-electron chi connectivity index (χ3n) is 3.09. The van der Waals surface area contributed by atoms with Crippen LogP contribution in [0.3, 0.4) is 0 Å². The number of hydrogen-bond donors (Lipinski definition) is 2. The molecule has 0 aromatic heterocycles. The zero-order valence-electron chi connectivity index (χ0n) is 8.89. The summed E-state index contributed by atoms with van der Waals surface area (Å²) in [7, 11) is 0. The molecule has 0 amide bonds. The Kier molecular flexibility index (Phi) is 3.17. The molecule has 1 aromatic rings. The molecule has 1 aliphatic heterocycles. The molecule has 1 fully saturated rings. The van der Waals surface area contributed by atoms with Crippen molar-refractivity contribution in [3.63, 3.8) is 0 Å². The number of hydrogen-bond acceptors (Lipinski definition) is 2. The molecule has 1 aliphatic rings. The fourth-order valence-electron chi connectivity index (χ4n) is 2.30. The Morgan fingerprint density at radius 3 is 2.93 bits per heavy atom. The summed E-state index contributed by atoms with van der Waals surface area (Å²) in [4.78, 5) is 0. The van der Waals surface area contributed by atoms with Crippen LogP contribution in [0.25, 0.3) is 0 Å². The largest absolute Gasteiger partial charge is 0.506 e. The second-order valence-electron chi connectivity index (χ2n) is 4.17. The van der Waals surface area contributed by atoms with Crippen molar-refractivity contribution in [3.05, 3.63) is 28.3 Å². The maximum Gasteiger partial charge on any atom is 0.137 e. The molecule has 0 bridgehead atoms. The molecule has 1 heterocycles. The molecule has 0 radical (unpaired) electrons. The second-order valence-corrected chi connectivity index (χ2v) is 4.58. The predicted octanol–water partition coefficient (Wildman–Crippen LogP) is 2.82. The Labute approximate surface area is 95.3 Å². The lowest BCUT2D eigenvalue weighted by Crippen LogP contribution is -2.28. The third-order valence-corrected chi connectivity index (χ3v) is 3.40. The predicted molar refractivity (Wildman–Crippen MR) is 62.7 cm³/mol. The van der Waals surface area contributed by atoms with E-state index in [-0.39, 0.29) is 5.75 Å². The van der Waals surface area contributed by atoms with E-state index in [9.17, 15) is 5.11 Å². The molecule has 1 unspecified atom stereocenters. The van der Waals surface area contributed by atoms with E-state index in [0.29, 0.717) is 10.9 Å². The zero-order valence-corrected chi connectivity index (χ0v) is 9.64. The minimum Gasteiger partial charge on any atom is -0.506 e. The van der Waals surface area contributed by atoms with E-state index < -0.39 is 0 Å². The van der Waals surface area contributed by atoms with Gasteiger partial charge in [0.1, 0.15) is 5.75 Å². The number of nitrogens with one attached hydrogen (secondary N) is 1. The molecule has 0 saturated carbocycles. The maximum absolute atomic E-state index is 9.97. The second kappa shape index (κ2) is 4.42. The summed E-state index contributed by atoms with van der Waals surface area (Å²) in [6.45, 7) is 4.05.